The van der Waals surface area contributed by atoms with Gasteiger partial charge in [0.15, 0.2) is 5.76 Å². The highest BCUT2D eigenvalue weighted by Crippen LogP contribution is 2.28. The van der Waals surface area contributed by atoms with Gasteiger partial charge in [0, 0.05) is 30.5 Å². The third kappa shape index (κ3) is 3.49. The predicted octanol–water partition coefficient (Wildman–Crippen LogP) is 1.50. The standard InChI is InChI=1S/C18H23NO6/c1-10-13-6-12(22-2)4-5-14(13)25-17(10)18(21)19-7-11-8-24-9-15(23-3)16(11)20/h4-6,11,15-16,20H,7-9H2,1-3H3,(H,19,21)/t11-,15-,16+/m1/s1. The summed E-state index contributed by atoms with van der Waals surface area (Å²) in [4.78, 5) is 12.5. The first kappa shape index (κ1) is 17.7. The molecule has 136 valence electrons. The molecule has 7 heteroatoms. The van der Waals surface area contributed by atoms with E-state index in [-0.39, 0.29) is 30.2 Å². The van der Waals surface area contributed by atoms with Gasteiger partial charge in [-0.1, -0.05) is 0 Å². The molecule has 1 aromatic heterocycles. The van der Waals surface area contributed by atoms with Crippen LogP contribution in [0.4, 0.5) is 0 Å². The number of hydrogen-bond donors (Lipinski definition) is 2. The molecule has 1 amide bonds. The average Bonchev–Trinajstić information content (AvgIpc) is 2.96. The van der Waals surface area contributed by atoms with Crippen molar-refractivity contribution in [3.05, 3.63) is 29.5 Å². The minimum absolute atomic E-state index is 0.229. The number of methoxy groups -OCH3 is 2. The number of aliphatic hydroxyl groups excluding tert-OH is 1. The molecule has 0 saturated carbocycles. The van der Waals surface area contributed by atoms with Gasteiger partial charge >= 0.3 is 0 Å². The molecule has 2 heterocycles. The number of rotatable bonds is 5. The molecule has 0 radical (unpaired) electrons. The molecule has 2 aromatic rings. The van der Waals surface area contributed by atoms with E-state index in [1.165, 1.54) is 7.11 Å². The highest BCUT2D eigenvalue weighted by atomic mass is 16.5. The van der Waals surface area contributed by atoms with Gasteiger partial charge in [-0.05, 0) is 25.1 Å². The van der Waals surface area contributed by atoms with Gasteiger partial charge in [0.25, 0.3) is 5.91 Å². The van der Waals surface area contributed by atoms with E-state index in [9.17, 15) is 9.90 Å². The van der Waals surface area contributed by atoms with Gasteiger partial charge < -0.3 is 29.1 Å². The quantitative estimate of drug-likeness (QED) is 0.850. The van der Waals surface area contributed by atoms with E-state index in [2.05, 4.69) is 5.32 Å². The minimum atomic E-state index is -0.680. The summed E-state index contributed by atoms with van der Waals surface area (Å²) < 4.78 is 21.5. The highest BCUT2D eigenvalue weighted by Gasteiger charge is 2.33. The smallest absolute Gasteiger partial charge is 0.287 e. The van der Waals surface area contributed by atoms with Gasteiger partial charge in [-0.2, -0.15) is 0 Å². The van der Waals surface area contributed by atoms with Crippen LogP contribution in [0.1, 0.15) is 16.1 Å². The lowest BCUT2D eigenvalue weighted by Crippen LogP contribution is -2.49. The van der Waals surface area contributed by atoms with E-state index >= 15 is 0 Å². The summed E-state index contributed by atoms with van der Waals surface area (Å²) in [5.74, 6) is 0.418. The maximum absolute atomic E-state index is 12.5. The van der Waals surface area contributed by atoms with Gasteiger partial charge in [0.2, 0.25) is 0 Å². The Morgan fingerprint density at radius 2 is 2.16 bits per heavy atom. The van der Waals surface area contributed by atoms with Crippen molar-refractivity contribution in [2.45, 2.75) is 19.1 Å². The average molecular weight is 349 g/mol. The molecule has 1 fully saturated rings. The Hall–Kier alpha value is -2.09. The van der Waals surface area contributed by atoms with Crippen LogP contribution in [-0.2, 0) is 9.47 Å². The highest BCUT2D eigenvalue weighted by molar-refractivity contribution is 5.99. The van der Waals surface area contributed by atoms with E-state index in [4.69, 9.17) is 18.6 Å². The van der Waals surface area contributed by atoms with Gasteiger partial charge in [0.05, 0.1) is 26.4 Å². The fourth-order valence-corrected chi connectivity index (χ4v) is 3.07. The van der Waals surface area contributed by atoms with E-state index in [1.807, 2.05) is 13.0 Å². The van der Waals surface area contributed by atoms with Gasteiger partial charge in [0.1, 0.15) is 17.4 Å². The van der Waals surface area contributed by atoms with Crippen LogP contribution in [0.2, 0.25) is 0 Å². The van der Waals surface area contributed by atoms with Crippen molar-refractivity contribution in [3.8, 4) is 5.75 Å². The number of aryl methyl sites for hydroxylation is 1. The number of benzene rings is 1. The number of hydrogen-bond acceptors (Lipinski definition) is 6. The number of aliphatic hydroxyl groups is 1. The molecule has 0 bridgehead atoms. The number of fused-ring (bicyclic) bond motifs is 1. The lowest BCUT2D eigenvalue weighted by molar-refractivity contribution is -0.132. The van der Waals surface area contributed by atoms with Crippen LogP contribution in [-0.4, -0.2) is 57.2 Å². The van der Waals surface area contributed by atoms with Crippen molar-refractivity contribution in [3.63, 3.8) is 0 Å². The van der Waals surface area contributed by atoms with Crippen molar-refractivity contribution < 1.29 is 28.5 Å². The largest absolute Gasteiger partial charge is 0.497 e. The van der Waals surface area contributed by atoms with Crippen molar-refractivity contribution >= 4 is 16.9 Å². The van der Waals surface area contributed by atoms with Gasteiger partial charge in [-0.3, -0.25) is 4.79 Å². The first-order valence-electron chi connectivity index (χ1n) is 8.19. The molecule has 1 aromatic carbocycles. The summed E-state index contributed by atoms with van der Waals surface area (Å²) in [7, 11) is 3.12. The molecule has 3 atom stereocenters. The summed E-state index contributed by atoms with van der Waals surface area (Å²) in [6.07, 6.45) is -1.06. The lowest BCUT2D eigenvalue weighted by Gasteiger charge is -2.33. The van der Waals surface area contributed by atoms with Crippen LogP contribution in [0.25, 0.3) is 11.0 Å². The molecule has 3 rings (SSSR count). The van der Waals surface area contributed by atoms with Crippen molar-refractivity contribution in [2.75, 3.05) is 34.0 Å². The van der Waals surface area contributed by atoms with Crippen LogP contribution in [0.5, 0.6) is 5.75 Å². The molecule has 1 aliphatic heterocycles. The zero-order chi connectivity index (χ0) is 18.0. The molecular weight excluding hydrogens is 326 g/mol. The van der Waals surface area contributed by atoms with E-state index in [1.54, 1.807) is 19.2 Å². The second-order valence-electron chi connectivity index (χ2n) is 6.19. The summed E-state index contributed by atoms with van der Waals surface area (Å²) >= 11 is 0. The minimum Gasteiger partial charge on any atom is -0.497 e. The lowest BCUT2D eigenvalue weighted by atomic mass is 9.96. The van der Waals surface area contributed by atoms with Crippen molar-refractivity contribution in [1.29, 1.82) is 0 Å². The number of ether oxygens (including phenoxy) is 3. The Labute approximate surface area is 145 Å². The SMILES string of the molecule is COc1ccc2oc(C(=O)NC[C@@H]3COC[C@@H](OC)[C@H]3O)c(C)c2c1. The molecule has 1 aliphatic rings. The molecule has 2 N–H and O–H groups in total. The number of amides is 1. The zero-order valence-electron chi connectivity index (χ0n) is 14.6. The van der Waals surface area contributed by atoms with Gasteiger partial charge in [-0.15, -0.1) is 0 Å². The number of furan rings is 1. The Kier molecular flexibility index (Phi) is 5.27. The summed E-state index contributed by atoms with van der Waals surface area (Å²) in [5.41, 5.74) is 1.38. The number of carbonyl (C=O) groups excluding carboxylic acids is 1. The summed E-state index contributed by atoms with van der Waals surface area (Å²) in [6.45, 7) is 2.84. The fraction of sp³-hybridized carbons (Fsp3) is 0.500. The normalized spacial score (nSPS) is 23.6. The van der Waals surface area contributed by atoms with Crippen LogP contribution in [0.15, 0.2) is 22.6 Å². The van der Waals surface area contributed by atoms with E-state index in [0.29, 0.717) is 24.5 Å². The van der Waals surface area contributed by atoms with Crippen molar-refractivity contribution in [2.24, 2.45) is 5.92 Å². The number of carbonyl (C=O) groups is 1. The Morgan fingerprint density at radius 1 is 1.36 bits per heavy atom. The van der Waals surface area contributed by atoms with Crippen molar-refractivity contribution in [1.82, 2.24) is 5.32 Å². The first-order chi connectivity index (χ1) is 12.0. The summed E-state index contributed by atoms with van der Waals surface area (Å²) in [5, 5.41) is 13.9. The van der Waals surface area contributed by atoms with E-state index in [0.717, 1.165) is 10.9 Å². The first-order valence-corrected chi connectivity index (χ1v) is 8.19. The van der Waals surface area contributed by atoms with Crippen LogP contribution in [0.3, 0.4) is 0 Å². The molecule has 25 heavy (non-hydrogen) atoms. The fourth-order valence-electron chi connectivity index (χ4n) is 3.07. The second kappa shape index (κ2) is 7.43. The maximum Gasteiger partial charge on any atom is 0.287 e. The Bertz CT molecular complexity index is 755. The zero-order valence-corrected chi connectivity index (χ0v) is 14.6. The topological polar surface area (TPSA) is 90.2 Å². The Morgan fingerprint density at radius 3 is 2.88 bits per heavy atom. The molecule has 0 spiro atoms. The van der Waals surface area contributed by atoms with E-state index < -0.39 is 6.10 Å². The third-order valence-corrected chi connectivity index (χ3v) is 4.66. The second-order valence-corrected chi connectivity index (χ2v) is 6.19. The molecule has 7 nitrogen and oxygen atoms in total. The van der Waals surface area contributed by atoms with Gasteiger partial charge in [-0.25, -0.2) is 0 Å². The molecular formula is C18H23NO6. The monoisotopic (exact) mass is 349 g/mol. The predicted molar refractivity (Wildman–Crippen MR) is 90.9 cm³/mol. The van der Waals surface area contributed by atoms with Crippen LogP contribution in [0, 0.1) is 12.8 Å². The molecule has 0 unspecified atom stereocenters. The maximum atomic E-state index is 12.5. The molecule has 0 aliphatic carbocycles. The third-order valence-electron chi connectivity index (χ3n) is 4.66. The Balaban J connectivity index is 1.71. The molecule has 1 saturated heterocycles. The number of nitrogens with one attached hydrogen (secondary N) is 1. The van der Waals surface area contributed by atoms with Crippen LogP contribution < -0.4 is 10.1 Å². The van der Waals surface area contributed by atoms with Crippen LogP contribution >= 0.6 is 0 Å². The summed E-state index contributed by atoms with van der Waals surface area (Å²) in [6, 6.07) is 5.40.